The average Bonchev–Trinajstić information content (AvgIpc) is 2.70. The number of hydrogen-bond acceptors (Lipinski definition) is 2. The standard InChI is InChI=1S/C12H18N2S/c1-3-9-15-10-7-13-11-12-6-5-8-14(12)4-2/h1,5-6,8,13H,4,7,9-11H2,2H3. The predicted octanol–water partition coefficient (Wildman–Crippen LogP) is 1.96. The van der Waals surface area contributed by atoms with Gasteiger partial charge in [-0.3, -0.25) is 0 Å². The SMILES string of the molecule is C#CCSCCNCc1cccn1CC. The molecule has 1 aromatic rings. The smallest absolute Gasteiger partial charge is 0.0545 e. The molecule has 0 aliphatic heterocycles. The van der Waals surface area contributed by atoms with E-state index in [-0.39, 0.29) is 0 Å². The van der Waals surface area contributed by atoms with Gasteiger partial charge in [-0.25, -0.2) is 0 Å². The zero-order valence-electron chi connectivity index (χ0n) is 9.20. The van der Waals surface area contributed by atoms with Crippen LogP contribution in [0, 0.1) is 12.3 Å². The molecule has 0 aliphatic rings. The summed E-state index contributed by atoms with van der Waals surface area (Å²) in [5.74, 6) is 4.51. The van der Waals surface area contributed by atoms with E-state index >= 15 is 0 Å². The fourth-order valence-electron chi connectivity index (χ4n) is 1.41. The summed E-state index contributed by atoms with van der Waals surface area (Å²) in [5, 5.41) is 3.41. The van der Waals surface area contributed by atoms with Gasteiger partial charge >= 0.3 is 0 Å². The first-order chi connectivity index (χ1) is 7.38. The van der Waals surface area contributed by atoms with Crippen molar-refractivity contribution in [2.45, 2.75) is 20.0 Å². The van der Waals surface area contributed by atoms with Crippen LogP contribution < -0.4 is 5.32 Å². The van der Waals surface area contributed by atoms with Gasteiger partial charge in [-0.05, 0) is 19.1 Å². The van der Waals surface area contributed by atoms with Crippen LogP contribution in [-0.2, 0) is 13.1 Å². The van der Waals surface area contributed by atoms with Gasteiger partial charge in [0.05, 0.1) is 5.75 Å². The largest absolute Gasteiger partial charge is 0.351 e. The third kappa shape index (κ3) is 4.46. The van der Waals surface area contributed by atoms with Gasteiger partial charge in [0.2, 0.25) is 0 Å². The van der Waals surface area contributed by atoms with Gasteiger partial charge in [0.15, 0.2) is 0 Å². The molecule has 15 heavy (non-hydrogen) atoms. The summed E-state index contributed by atoms with van der Waals surface area (Å²) >= 11 is 1.79. The first-order valence-electron chi connectivity index (χ1n) is 5.24. The molecular formula is C12H18N2S. The Morgan fingerprint density at radius 2 is 2.47 bits per heavy atom. The highest BCUT2D eigenvalue weighted by molar-refractivity contribution is 7.99. The fraction of sp³-hybridized carbons (Fsp3) is 0.500. The van der Waals surface area contributed by atoms with Crippen molar-refractivity contribution >= 4 is 11.8 Å². The van der Waals surface area contributed by atoms with Gasteiger partial charge in [0.25, 0.3) is 0 Å². The van der Waals surface area contributed by atoms with E-state index in [1.165, 1.54) is 5.69 Å². The van der Waals surface area contributed by atoms with Crippen LogP contribution in [0.5, 0.6) is 0 Å². The Hall–Kier alpha value is -0.850. The molecular weight excluding hydrogens is 204 g/mol. The van der Waals surface area contributed by atoms with Gasteiger partial charge in [0, 0.05) is 37.3 Å². The third-order valence-corrected chi connectivity index (χ3v) is 3.04. The van der Waals surface area contributed by atoms with Crippen LogP contribution in [0.25, 0.3) is 0 Å². The lowest BCUT2D eigenvalue weighted by Crippen LogP contribution is -2.18. The Labute approximate surface area is 96.4 Å². The molecule has 1 rings (SSSR count). The number of aromatic nitrogens is 1. The van der Waals surface area contributed by atoms with Crippen molar-refractivity contribution in [3.63, 3.8) is 0 Å². The molecule has 0 atom stereocenters. The molecule has 3 heteroatoms. The van der Waals surface area contributed by atoms with E-state index in [1.54, 1.807) is 11.8 Å². The minimum Gasteiger partial charge on any atom is -0.351 e. The highest BCUT2D eigenvalue weighted by Gasteiger charge is 1.97. The van der Waals surface area contributed by atoms with E-state index in [0.717, 1.165) is 31.1 Å². The highest BCUT2D eigenvalue weighted by Crippen LogP contribution is 2.01. The lowest BCUT2D eigenvalue weighted by Gasteiger charge is -2.07. The fourth-order valence-corrected chi connectivity index (χ4v) is 1.96. The molecule has 0 saturated carbocycles. The van der Waals surface area contributed by atoms with Crippen LogP contribution in [0.1, 0.15) is 12.6 Å². The minimum absolute atomic E-state index is 0.813. The molecule has 1 N–H and O–H groups in total. The number of hydrogen-bond donors (Lipinski definition) is 1. The molecule has 0 spiro atoms. The number of rotatable bonds is 7. The Kier molecular flexibility index (Phi) is 6.06. The summed E-state index contributed by atoms with van der Waals surface area (Å²) in [6.07, 6.45) is 7.28. The van der Waals surface area contributed by atoms with Crippen molar-refractivity contribution in [2.24, 2.45) is 0 Å². The summed E-state index contributed by atoms with van der Waals surface area (Å²) in [6, 6.07) is 4.25. The van der Waals surface area contributed by atoms with E-state index < -0.39 is 0 Å². The molecule has 82 valence electrons. The van der Waals surface area contributed by atoms with Crippen molar-refractivity contribution in [2.75, 3.05) is 18.1 Å². The minimum atomic E-state index is 0.813. The Morgan fingerprint density at radius 3 is 3.20 bits per heavy atom. The summed E-state index contributed by atoms with van der Waals surface area (Å²) in [4.78, 5) is 0. The molecule has 0 unspecified atom stereocenters. The molecule has 0 fully saturated rings. The second kappa shape index (κ2) is 7.44. The maximum Gasteiger partial charge on any atom is 0.0545 e. The molecule has 0 aliphatic carbocycles. The van der Waals surface area contributed by atoms with Crippen LogP contribution in [0.3, 0.4) is 0 Å². The van der Waals surface area contributed by atoms with E-state index in [0.29, 0.717) is 0 Å². The number of nitrogens with one attached hydrogen (secondary N) is 1. The molecule has 2 nitrogen and oxygen atoms in total. The predicted molar refractivity (Wildman–Crippen MR) is 68.0 cm³/mol. The zero-order chi connectivity index (χ0) is 10.9. The quantitative estimate of drug-likeness (QED) is 0.561. The molecule has 1 heterocycles. The Balaban J connectivity index is 2.12. The summed E-state index contributed by atoms with van der Waals surface area (Å²) in [6.45, 7) is 5.15. The number of aryl methyl sites for hydroxylation is 1. The van der Waals surface area contributed by atoms with E-state index in [1.807, 2.05) is 0 Å². The number of thioether (sulfide) groups is 1. The molecule has 0 amide bonds. The second-order valence-electron chi connectivity index (χ2n) is 3.22. The first kappa shape index (κ1) is 12.2. The van der Waals surface area contributed by atoms with Crippen molar-refractivity contribution < 1.29 is 0 Å². The van der Waals surface area contributed by atoms with Crippen molar-refractivity contribution in [1.82, 2.24) is 9.88 Å². The van der Waals surface area contributed by atoms with E-state index in [4.69, 9.17) is 6.42 Å². The first-order valence-corrected chi connectivity index (χ1v) is 6.40. The molecule has 0 bridgehead atoms. The third-order valence-electron chi connectivity index (χ3n) is 2.18. The van der Waals surface area contributed by atoms with Crippen LogP contribution in [0.2, 0.25) is 0 Å². The second-order valence-corrected chi connectivity index (χ2v) is 4.32. The maximum absolute atomic E-state index is 5.16. The van der Waals surface area contributed by atoms with Gasteiger partial charge in [-0.2, -0.15) is 0 Å². The topological polar surface area (TPSA) is 17.0 Å². The lowest BCUT2D eigenvalue weighted by molar-refractivity contribution is 0.648. The summed E-state index contributed by atoms with van der Waals surface area (Å²) in [5.41, 5.74) is 1.35. The van der Waals surface area contributed by atoms with Crippen LogP contribution in [0.15, 0.2) is 18.3 Å². The molecule has 0 radical (unpaired) electrons. The Morgan fingerprint density at radius 1 is 1.60 bits per heavy atom. The zero-order valence-corrected chi connectivity index (χ0v) is 10.0. The van der Waals surface area contributed by atoms with Crippen LogP contribution in [0.4, 0.5) is 0 Å². The van der Waals surface area contributed by atoms with Gasteiger partial charge < -0.3 is 9.88 Å². The molecule has 0 aromatic carbocycles. The van der Waals surface area contributed by atoms with Gasteiger partial charge in [-0.1, -0.05) is 5.92 Å². The van der Waals surface area contributed by atoms with Crippen molar-refractivity contribution in [1.29, 1.82) is 0 Å². The normalized spacial score (nSPS) is 10.1. The summed E-state index contributed by atoms with van der Waals surface area (Å²) < 4.78 is 2.25. The molecule has 0 saturated heterocycles. The monoisotopic (exact) mass is 222 g/mol. The lowest BCUT2D eigenvalue weighted by atomic mass is 10.4. The van der Waals surface area contributed by atoms with Crippen LogP contribution >= 0.6 is 11.8 Å². The van der Waals surface area contributed by atoms with E-state index in [2.05, 4.69) is 41.1 Å². The van der Waals surface area contributed by atoms with E-state index in [9.17, 15) is 0 Å². The van der Waals surface area contributed by atoms with Crippen LogP contribution in [-0.4, -0.2) is 22.6 Å². The molecule has 1 aromatic heterocycles. The van der Waals surface area contributed by atoms with Gasteiger partial charge in [0.1, 0.15) is 0 Å². The Bertz CT molecular complexity index is 312. The van der Waals surface area contributed by atoms with Gasteiger partial charge in [-0.15, -0.1) is 18.2 Å². The number of terminal acetylenes is 1. The van der Waals surface area contributed by atoms with Crippen molar-refractivity contribution in [3.8, 4) is 12.3 Å². The highest BCUT2D eigenvalue weighted by atomic mass is 32.2. The maximum atomic E-state index is 5.16. The van der Waals surface area contributed by atoms with Crippen molar-refractivity contribution in [3.05, 3.63) is 24.0 Å². The number of nitrogens with zero attached hydrogens (tertiary/aromatic N) is 1. The average molecular weight is 222 g/mol. The summed E-state index contributed by atoms with van der Waals surface area (Å²) in [7, 11) is 0.